The summed E-state index contributed by atoms with van der Waals surface area (Å²) in [5, 5.41) is 0. The maximum Gasteiger partial charge on any atom is 0.422 e. The topological polar surface area (TPSA) is 70.8 Å². The van der Waals surface area contributed by atoms with Crippen LogP contribution < -0.4 is 11.3 Å². The van der Waals surface area contributed by atoms with Gasteiger partial charge in [-0.15, -0.1) is 0 Å². The summed E-state index contributed by atoms with van der Waals surface area (Å²) in [4.78, 5) is 15.2. The molecular formula is C8H18N4O2. The number of hydrogen-bond acceptors (Lipinski definition) is 5. The van der Waals surface area contributed by atoms with Crippen LogP contribution in [0.2, 0.25) is 0 Å². The Balaban J connectivity index is 2.30. The lowest BCUT2D eigenvalue weighted by molar-refractivity contribution is -0.0217. The number of hydrazine groups is 1. The van der Waals surface area contributed by atoms with Crippen LogP contribution in [0.4, 0.5) is 4.79 Å². The fourth-order valence-corrected chi connectivity index (χ4v) is 1.45. The predicted octanol–water partition coefficient (Wildman–Crippen LogP) is -0.820. The van der Waals surface area contributed by atoms with E-state index >= 15 is 0 Å². The van der Waals surface area contributed by atoms with Crippen molar-refractivity contribution >= 4 is 6.09 Å². The fourth-order valence-electron chi connectivity index (χ4n) is 1.45. The normalized spacial score (nSPS) is 21.6. The number of carbonyl (C=O) groups is 1. The van der Waals surface area contributed by atoms with Gasteiger partial charge in [0.1, 0.15) is 0 Å². The molecule has 1 amide bonds. The van der Waals surface area contributed by atoms with Crippen LogP contribution in [-0.4, -0.2) is 55.3 Å². The first-order valence-electron chi connectivity index (χ1n) is 4.73. The SMILES string of the molecule is CC(OC(=O)NN)N1CCN(C)CC1. The van der Waals surface area contributed by atoms with Crippen LogP contribution in [-0.2, 0) is 4.74 Å². The second-order valence-electron chi connectivity index (χ2n) is 3.49. The van der Waals surface area contributed by atoms with Gasteiger partial charge in [-0.3, -0.25) is 10.3 Å². The Morgan fingerprint density at radius 2 is 2.00 bits per heavy atom. The zero-order valence-corrected chi connectivity index (χ0v) is 8.69. The van der Waals surface area contributed by atoms with Gasteiger partial charge in [0.25, 0.3) is 0 Å². The van der Waals surface area contributed by atoms with E-state index < -0.39 is 6.09 Å². The molecule has 0 aliphatic carbocycles. The number of rotatable bonds is 2. The third-order valence-corrected chi connectivity index (χ3v) is 2.45. The molecule has 1 aliphatic heterocycles. The first-order valence-corrected chi connectivity index (χ1v) is 4.73. The standard InChI is InChI=1S/C8H18N4O2/c1-7(14-8(13)10-9)12-5-3-11(2)4-6-12/h7H,3-6,9H2,1-2H3,(H,10,13). The van der Waals surface area contributed by atoms with Crippen LogP contribution in [0.5, 0.6) is 0 Å². The number of hydrogen-bond donors (Lipinski definition) is 2. The maximum absolute atomic E-state index is 10.8. The number of piperazine rings is 1. The Bertz CT molecular complexity index is 192. The minimum Gasteiger partial charge on any atom is -0.430 e. The fraction of sp³-hybridized carbons (Fsp3) is 0.875. The highest BCUT2D eigenvalue weighted by Crippen LogP contribution is 2.05. The van der Waals surface area contributed by atoms with E-state index in [9.17, 15) is 4.79 Å². The second kappa shape index (κ2) is 5.14. The Labute approximate surface area is 83.9 Å². The molecule has 3 N–H and O–H groups in total. The summed E-state index contributed by atoms with van der Waals surface area (Å²) in [7, 11) is 2.08. The zero-order valence-electron chi connectivity index (χ0n) is 8.69. The molecule has 6 nitrogen and oxygen atoms in total. The van der Waals surface area contributed by atoms with Crippen LogP contribution in [0, 0.1) is 0 Å². The average molecular weight is 202 g/mol. The van der Waals surface area contributed by atoms with E-state index in [1.54, 1.807) is 0 Å². The third kappa shape index (κ3) is 3.13. The molecule has 1 unspecified atom stereocenters. The third-order valence-electron chi connectivity index (χ3n) is 2.45. The Kier molecular flexibility index (Phi) is 4.12. The summed E-state index contributed by atoms with van der Waals surface area (Å²) >= 11 is 0. The van der Waals surface area contributed by atoms with E-state index in [0.29, 0.717) is 0 Å². The maximum atomic E-state index is 10.8. The van der Waals surface area contributed by atoms with Gasteiger partial charge in [-0.25, -0.2) is 10.6 Å². The van der Waals surface area contributed by atoms with Crippen molar-refractivity contribution in [2.24, 2.45) is 5.84 Å². The molecule has 14 heavy (non-hydrogen) atoms. The van der Waals surface area contributed by atoms with Gasteiger partial charge in [0.05, 0.1) is 0 Å². The lowest BCUT2D eigenvalue weighted by atomic mass is 10.3. The van der Waals surface area contributed by atoms with Crippen LogP contribution in [0.1, 0.15) is 6.92 Å². The van der Waals surface area contributed by atoms with Gasteiger partial charge in [-0.2, -0.15) is 0 Å². The minimum absolute atomic E-state index is 0.216. The Hall–Kier alpha value is -0.850. The summed E-state index contributed by atoms with van der Waals surface area (Å²) in [5.41, 5.74) is 1.95. The van der Waals surface area contributed by atoms with Crippen molar-refractivity contribution in [1.29, 1.82) is 0 Å². The van der Waals surface area contributed by atoms with Crippen molar-refractivity contribution in [3.05, 3.63) is 0 Å². The molecule has 6 heteroatoms. The molecule has 0 saturated carbocycles. The molecule has 0 radical (unpaired) electrons. The van der Waals surface area contributed by atoms with E-state index in [-0.39, 0.29) is 6.23 Å². The molecule has 1 heterocycles. The molecule has 1 fully saturated rings. The second-order valence-corrected chi connectivity index (χ2v) is 3.49. The van der Waals surface area contributed by atoms with Crippen molar-refractivity contribution in [1.82, 2.24) is 15.2 Å². The lowest BCUT2D eigenvalue weighted by Gasteiger charge is -2.35. The van der Waals surface area contributed by atoms with Gasteiger partial charge in [0.2, 0.25) is 0 Å². The van der Waals surface area contributed by atoms with Crippen molar-refractivity contribution in [2.75, 3.05) is 33.2 Å². The van der Waals surface area contributed by atoms with Gasteiger partial charge in [0, 0.05) is 26.2 Å². The molecule has 0 bridgehead atoms. The van der Waals surface area contributed by atoms with E-state index in [0.717, 1.165) is 26.2 Å². The quantitative estimate of drug-likeness (QED) is 0.348. The number of ether oxygens (including phenoxy) is 1. The molecule has 1 rings (SSSR count). The number of nitrogens with one attached hydrogen (secondary N) is 1. The number of nitrogens with two attached hydrogens (primary N) is 1. The number of carbonyl (C=O) groups excluding carboxylic acids is 1. The number of nitrogens with zero attached hydrogens (tertiary/aromatic N) is 2. The predicted molar refractivity (Wildman–Crippen MR) is 52.3 cm³/mol. The molecule has 1 aliphatic rings. The smallest absolute Gasteiger partial charge is 0.422 e. The van der Waals surface area contributed by atoms with Crippen LogP contribution >= 0.6 is 0 Å². The van der Waals surface area contributed by atoms with Crippen molar-refractivity contribution in [3.8, 4) is 0 Å². The monoisotopic (exact) mass is 202 g/mol. The zero-order chi connectivity index (χ0) is 10.6. The van der Waals surface area contributed by atoms with Crippen molar-refractivity contribution in [3.63, 3.8) is 0 Å². The molecular weight excluding hydrogens is 184 g/mol. The molecule has 0 aromatic heterocycles. The molecule has 0 aromatic carbocycles. The summed E-state index contributed by atoms with van der Waals surface area (Å²) in [5.74, 6) is 4.92. The summed E-state index contributed by atoms with van der Waals surface area (Å²) in [6, 6.07) is 0. The minimum atomic E-state index is -0.587. The van der Waals surface area contributed by atoms with Crippen molar-refractivity contribution < 1.29 is 9.53 Å². The highest BCUT2D eigenvalue weighted by molar-refractivity contribution is 5.66. The van der Waals surface area contributed by atoms with Crippen LogP contribution in [0.15, 0.2) is 0 Å². The Morgan fingerprint density at radius 3 is 2.50 bits per heavy atom. The highest BCUT2D eigenvalue weighted by atomic mass is 16.6. The molecule has 1 saturated heterocycles. The van der Waals surface area contributed by atoms with Crippen molar-refractivity contribution in [2.45, 2.75) is 13.2 Å². The van der Waals surface area contributed by atoms with E-state index in [1.165, 1.54) is 0 Å². The molecule has 82 valence electrons. The highest BCUT2D eigenvalue weighted by Gasteiger charge is 2.21. The lowest BCUT2D eigenvalue weighted by Crippen LogP contribution is -2.50. The first-order chi connectivity index (χ1) is 6.63. The van der Waals surface area contributed by atoms with Gasteiger partial charge in [-0.1, -0.05) is 0 Å². The molecule has 0 aromatic rings. The summed E-state index contributed by atoms with van der Waals surface area (Å²) in [6.07, 6.45) is -0.802. The van der Waals surface area contributed by atoms with Gasteiger partial charge in [0.15, 0.2) is 6.23 Å². The first kappa shape index (κ1) is 11.2. The molecule has 1 atom stereocenters. The van der Waals surface area contributed by atoms with Gasteiger partial charge in [-0.05, 0) is 14.0 Å². The van der Waals surface area contributed by atoms with E-state index in [4.69, 9.17) is 10.6 Å². The van der Waals surface area contributed by atoms with E-state index in [2.05, 4.69) is 16.8 Å². The number of amides is 1. The van der Waals surface area contributed by atoms with Gasteiger partial charge < -0.3 is 9.64 Å². The van der Waals surface area contributed by atoms with E-state index in [1.807, 2.05) is 12.3 Å². The molecule has 0 spiro atoms. The summed E-state index contributed by atoms with van der Waals surface area (Å²) in [6.45, 7) is 5.67. The Morgan fingerprint density at radius 1 is 1.43 bits per heavy atom. The van der Waals surface area contributed by atoms with Gasteiger partial charge >= 0.3 is 6.09 Å². The van der Waals surface area contributed by atoms with Crippen LogP contribution in [0.3, 0.4) is 0 Å². The number of likely N-dealkylation sites (N-methyl/N-ethyl adjacent to an activating group) is 1. The summed E-state index contributed by atoms with van der Waals surface area (Å²) < 4.78 is 5.01. The largest absolute Gasteiger partial charge is 0.430 e. The average Bonchev–Trinajstić information content (AvgIpc) is 2.18. The van der Waals surface area contributed by atoms with Crippen LogP contribution in [0.25, 0.3) is 0 Å².